The van der Waals surface area contributed by atoms with Crippen LogP contribution >= 0.6 is 35.0 Å². The quantitative estimate of drug-likeness (QED) is 0.242. The number of hydrogen-bond acceptors (Lipinski definition) is 8. The summed E-state index contributed by atoms with van der Waals surface area (Å²) in [4.78, 5) is 20.1. The summed E-state index contributed by atoms with van der Waals surface area (Å²) in [5.74, 6) is -0.530. The van der Waals surface area contributed by atoms with Crippen LogP contribution in [0.3, 0.4) is 0 Å². The summed E-state index contributed by atoms with van der Waals surface area (Å²) in [7, 11) is -2.51. The van der Waals surface area contributed by atoms with Gasteiger partial charge in [0.1, 0.15) is 10.0 Å². The Morgan fingerprint density at radius 2 is 1.95 bits per heavy atom. The van der Waals surface area contributed by atoms with Gasteiger partial charge in [-0.1, -0.05) is 29.3 Å². The first-order chi connectivity index (χ1) is 20.5. The topological polar surface area (TPSA) is 114 Å². The molecule has 3 aromatic rings. The highest BCUT2D eigenvalue weighted by Crippen LogP contribution is 2.38. The molecule has 0 radical (unpaired) electrons. The van der Waals surface area contributed by atoms with Crippen molar-refractivity contribution < 1.29 is 41.2 Å². The third-order valence-corrected chi connectivity index (χ3v) is 10.9. The highest BCUT2D eigenvalue weighted by molar-refractivity contribution is 8.02. The number of hydrogen-bond donors (Lipinski definition) is 0. The minimum atomic E-state index is -4.07. The highest BCUT2D eigenvalue weighted by Gasteiger charge is 2.43. The highest BCUT2D eigenvalue weighted by atomic mass is 35.5. The van der Waals surface area contributed by atoms with Crippen molar-refractivity contribution in [2.45, 2.75) is 42.3 Å². The predicted octanol–water partition coefficient (Wildman–Crippen LogP) is 4.56. The van der Waals surface area contributed by atoms with Gasteiger partial charge in [0.25, 0.3) is 10.0 Å². The minimum absolute atomic E-state index is 0.113. The lowest BCUT2D eigenvalue weighted by Gasteiger charge is -2.24. The molecule has 5 rings (SSSR count). The number of sulfonamides is 1. The molecule has 43 heavy (non-hydrogen) atoms. The number of esters is 1. The molecular weight excluding hydrogens is 649 g/mol. The second-order valence-electron chi connectivity index (χ2n) is 10.2. The van der Waals surface area contributed by atoms with Gasteiger partial charge in [0.2, 0.25) is 5.16 Å². The monoisotopic (exact) mass is 677 g/mol. The summed E-state index contributed by atoms with van der Waals surface area (Å²) in [6.07, 6.45) is 8.20. The van der Waals surface area contributed by atoms with E-state index in [0.29, 0.717) is 39.4 Å². The molecule has 3 heterocycles. The van der Waals surface area contributed by atoms with E-state index < -0.39 is 33.9 Å². The summed E-state index contributed by atoms with van der Waals surface area (Å²) in [5, 5.41) is -0.587. The first kappa shape index (κ1) is 31.8. The van der Waals surface area contributed by atoms with Crippen LogP contribution in [0.15, 0.2) is 48.1 Å². The smallest absolute Gasteiger partial charge is 0.387 e. The molecule has 0 spiro atoms. The lowest BCUT2D eigenvalue weighted by atomic mass is 9.92. The van der Waals surface area contributed by atoms with Crippen LogP contribution in [0, 0.1) is 5.92 Å². The normalized spacial score (nSPS) is 18.1. The Morgan fingerprint density at radius 1 is 1.21 bits per heavy atom. The Bertz CT molecular complexity index is 1550. The van der Waals surface area contributed by atoms with E-state index in [4.69, 9.17) is 32.7 Å². The van der Waals surface area contributed by atoms with Crippen molar-refractivity contribution in [1.29, 1.82) is 0 Å². The van der Waals surface area contributed by atoms with Crippen LogP contribution in [0.5, 0.6) is 11.5 Å². The fourth-order valence-corrected chi connectivity index (χ4v) is 8.28. The fraction of sp³-hybridized carbons (Fsp3) is 0.444. The van der Waals surface area contributed by atoms with E-state index in [-0.39, 0.29) is 36.2 Å². The van der Waals surface area contributed by atoms with E-state index in [0.717, 1.165) is 28.9 Å². The number of H-pyrrole nitrogens is 1. The Labute approximate surface area is 261 Å². The molecule has 1 aliphatic heterocycles. The zero-order chi connectivity index (χ0) is 30.7. The molecule has 2 aromatic heterocycles. The van der Waals surface area contributed by atoms with Gasteiger partial charge < -0.3 is 18.8 Å². The maximum atomic E-state index is 13.3. The Balaban J connectivity index is 1.40. The molecule has 2 aliphatic rings. The number of carbonyl (C=O) groups is 1. The number of aryl methyl sites for hydroxylation is 1. The summed E-state index contributed by atoms with van der Waals surface area (Å²) >= 11 is 14.0. The number of pyridine rings is 1. The Morgan fingerprint density at radius 3 is 2.60 bits per heavy atom. The van der Waals surface area contributed by atoms with Crippen molar-refractivity contribution in [2.24, 2.45) is 13.0 Å². The molecule has 1 N–H and O–H groups in total. The molecule has 0 bridgehead atoms. The van der Waals surface area contributed by atoms with Gasteiger partial charge in [-0.25, -0.2) is 23.2 Å². The number of alkyl halides is 2. The van der Waals surface area contributed by atoms with Crippen LogP contribution in [0.25, 0.3) is 0 Å². The van der Waals surface area contributed by atoms with E-state index in [9.17, 15) is 22.0 Å². The van der Waals surface area contributed by atoms with Crippen molar-refractivity contribution in [3.63, 3.8) is 0 Å². The van der Waals surface area contributed by atoms with Crippen molar-refractivity contribution >= 4 is 51.0 Å². The van der Waals surface area contributed by atoms with Crippen LogP contribution in [-0.2, 0) is 33.0 Å². The number of aromatic nitrogens is 3. The third-order valence-electron chi connectivity index (χ3n) is 7.07. The van der Waals surface area contributed by atoms with Crippen LogP contribution in [0.4, 0.5) is 8.78 Å². The van der Waals surface area contributed by atoms with Crippen LogP contribution in [0.1, 0.15) is 29.9 Å². The SMILES string of the molecule is Cn1ccnc1S(=O)(=O)N1CCS[C@H]1C(=O)OC[C@@H](Cc1c(Cl)c[nH+]cc1Cl)c1ccc(OC(F)F)c(OCC2CC2)c1. The van der Waals surface area contributed by atoms with Gasteiger partial charge in [0.15, 0.2) is 29.3 Å². The molecule has 0 unspecified atom stereocenters. The minimum Gasteiger partial charge on any atom is -0.489 e. The second-order valence-corrected chi connectivity index (χ2v) is 13.9. The first-order valence-electron chi connectivity index (χ1n) is 13.4. The molecule has 16 heteroatoms. The van der Waals surface area contributed by atoms with Gasteiger partial charge in [0, 0.05) is 43.2 Å². The molecule has 2 atom stereocenters. The largest absolute Gasteiger partial charge is 0.489 e. The van der Waals surface area contributed by atoms with Crippen LogP contribution in [0.2, 0.25) is 10.0 Å². The molecule has 2 fully saturated rings. The van der Waals surface area contributed by atoms with E-state index in [1.54, 1.807) is 31.6 Å². The fourth-order valence-electron chi connectivity index (χ4n) is 4.61. The lowest BCUT2D eigenvalue weighted by molar-refractivity contribution is -0.377. The number of benzene rings is 1. The second kappa shape index (κ2) is 13.6. The standard InChI is InChI=1S/C27H28Cl2F2N4O6S2/c1-34-7-6-33-27(34)43(37,38)35-8-9-42-24(35)25(36)40-15-18(10-19-20(28)12-32-13-21(19)29)17-4-5-22(41-26(30)31)23(11-17)39-14-16-2-3-16/h4-7,11-13,16,18,24,26H,2-3,8-10,14-15H2,1H3/p+1/t18-,24+/m1/s1. The first-order valence-corrected chi connectivity index (χ1v) is 16.6. The number of imidazole rings is 1. The number of ether oxygens (including phenoxy) is 3. The van der Waals surface area contributed by atoms with Crippen LogP contribution < -0.4 is 14.5 Å². The molecule has 232 valence electrons. The van der Waals surface area contributed by atoms with E-state index in [2.05, 4.69) is 14.7 Å². The molecule has 1 saturated heterocycles. The molecular formula is C27H29Cl2F2N4O6S2+. The van der Waals surface area contributed by atoms with Gasteiger partial charge in [-0.05, 0) is 42.9 Å². The van der Waals surface area contributed by atoms with Gasteiger partial charge in [0.05, 0.1) is 13.2 Å². The van der Waals surface area contributed by atoms with Gasteiger partial charge in [-0.15, -0.1) is 11.8 Å². The van der Waals surface area contributed by atoms with E-state index in [1.165, 1.54) is 23.0 Å². The molecule has 1 aliphatic carbocycles. The number of halogens is 4. The summed E-state index contributed by atoms with van der Waals surface area (Å²) in [5.41, 5.74) is 1.17. The predicted molar refractivity (Wildman–Crippen MR) is 155 cm³/mol. The maximum Gasteiger partial charge on any atom is 0.387 e. The van der Waals surface area contributed by atoms with Crippen molar-refractivity contribution in [2.75, 3.05) is 25.5 Å². The van der Waals surface area contributed by atoms with Gasteiger partial charge in [-0.3, -0.25) is 0 Å². The van der Waals surface area contributed by atoms with Crippen molar-refractivity contribution in [1.82, 2.24) is 13.9 Å². The zero-order valence-corrected chi connectivity index (χ0v) is 26.1. The molecule has 1 aromatic carbocycles. The number of carbonyl (C=O) groups excluding carboxylic acids is 1. The number of rotatable bonds is 13. The molecule has 10 nitrogen and oxygen atoms in total. The van der Waals surface area contributed by atoms with E-state index in [1.807, 2.05) is 0 Å². The summed E-state index contributed by atoms with van der Waals surface area (Å²) < 4.78 is 71.5. The number of thioether (sulfide) groups is 1. The van der Waals surface area contributed by atoms with Crippen molar-refractivity contribution in [3.05, 3.63) is 64.2 Å². The van der Waals surface area contributed by atoms with Crippen molar-refractivity contribution in [3.8, 4) is 11.5 Å². The molecule has 0 amide bonds. The van der Waals surface area contributed by atoms with Gasteiger partial charge >= 0.3 is 12.6 Å². The van der Waals surface area contributed by atoms with Gasteiger partial charge in [-0.2, -0.15) is 13.1 Å². The lowest BCUT2D eigenvalue weighted by Crippen LogP contribution is -2.41. The van der Waals surface area contributed by atoms with Crippen LogP contribution in [-0.4, -0.2) is 65.7 Å². The summed E-state index contributed by atoms with van der Waals surface area (Å²) in [6.45, 7) is -2.76. The maximum absolute atomic E-state index is 13.3. The summed E-state index contributed by atoms with van der Waals surface area (Å²) in [6, 6.07) is 4.55. The number of nitrogens with one attached hydrogen (secondary N) is 1. The number of aromatic amines is 1. The zero-order valence-electron chi connectivity index (χ0n) is 22.9. The van der Waals surface area contributed by atoms with E-state index >= 15 is 0 Å². The Hall–Kier alpha value is -2.65. The molecule has 1 saturated carbocycles. The average Bonchev–Trinajstić information content (AvgIpc) is 3.44. The third kappa shape index (κ3) is 7.54. The Kier molecular flexibility index (Phi) is 10.0. The number of nitrogens with zero attached hydrogens (tertiary/aromatic N) is 3. The average molecular weight is 679 g/mol.